The number of hydrogen-bond acceptors (Lipinski definition) is 5. The van der Waals surface area contributed by atoms with Gasteiger partial charge >= 0.3 is 5.91 Å². The molecule has 0 spiro atoms. The highest BCUT2D eigenvalue weighted by Gasteiger charge is 2.13. The molecule has 0 bridgehead atoms. The van der Waals surface area contributed by atoms with Gasteiger partial charge in [-0.05, 0) is 42.8 Å². The molecule has 1 heterocycles. The van der Waals surface area contributed by atoms with Crippen molar-refractivity contribution in [3.63, 3.8) is 0 Å². The number of para-hydroxylation sites is 1. The lowest BCUT2D eigenvalue weighted by Crippen LogP contribution is -2.42. The summed E-state index contributed by atoms with van der Waals surface area (Å²) < 4.78 is 11.0. The standard InChI is InChI=1S/C21H20N2O4S/c1-15-7-5-6-10-19(15)28-14-20(24)22-23-21(25)18-12-11-17(27-18)13-26-16-8-3-2-4-9-16/h2-12H,13-14H2,1H3,(H,22,24)(H,23,25). The van der Waals surface area contributed by atoms with Gasteiger partial charge in [-0.3, -0.25) is 20.4 Å². The molecule has 0 atom stereocenters. The van der Waals surface area contributed by atoms with Crippen molar-refractivity contribution in [3.8, 4) is 5.75 Å². The second-order valence-electron chi connectivity index (χ2n) is 5.92. The van der Waals surface area contributed by atoms with Gasteiger partial charge in [-0.2, -0.15) is 0 Å². The van der Waals surface area contributed by atoms with E-state index in [9.17, 15) is 9.59 Å². The summed E-state index contributed by atoms with van der Waals surface area (Å²) in [7, 11) is 0. The number of hydrogen-bond donors (Lipinski definition) is 2. The van der Waals surface area contributed by atoms with E-state index in [4.69, 9.17) is 9.15 Å². The van der Waals surface area contributed by atoms with Gasteiger partial charge in [0.15, 0.2) is 5.76 Å². The Morgan fingerprint density at radius 3 is 2.50 bits per heavy atom. The first-order valence-corrected chi connectivity index (χ1v) is 9.64. The Bertz CT molecular complexity index is 940. The number of amides is 2. The minimum atomic E-state index is -0.528. The zero-order valence-corrected chi connectivity index (χ0v) is 16.1. The van der Waals surface area contributed by atoms with Crippen molar-refractivity contribution in [2.45, 2.75) is 18.4 Å². The predicted octanol–water partition coefficient (Wildman–Crippen LogP) is 3.72. The molecule has 144 valence electrons. The first-order valence-electron chi connectivity index (χ1n) is 8.66. The highest BCUT2D eigenvalue weighted by Crippen LogP contribution is 2.21. The van der Waals surface area contributed by atoms with Gasteiger partial charge < -0.3 is 9.15 Å². The van der Waals surface area contributed by atoms with Crippen LogP contribution in [-0.2, 0) is 11.4 Å². The number of benzene rings is 2. The van der Waals surface area contributed by atoms with Gasteiger partial charge in [-0.1, -0.05) is 36.4 Å². The fourth-order valence-electron chi connectivity index (χ4n) is 2.33. The van der Waals surface area contributed by atoms with Crippen LogP contribution in [0.25, 0.3) is 0 Å². The molecule has 2 amide bonds. The molecule has 3 aromatic rings. The van der Waals surface area contributed by atoms with Gasteiger partial charge in [0.25, 0.3) is 0 Å². The Hall–Kier alpha value is -3.19. The number of aryl methyl sites for hydroxylation is 1. The number of nitrogens with one attached hydrogen (secondary N) is 2. The first-order chi connectivity index (χ1) is 13.6. The lowest BCUT2D eigenvalue weighted by Gasteiger charge is -2.07. The normalized spacial score (nSPS) is 10.3. The average molecular weight is 396 g/mol. The summed E-state index contributed by atoms with van der Waals surface area (Å²) in [6, 6.07) is 20.3. The van der Waals surface area contributed by atoms with Crippen LogP contribution in [0.5, 0.6) is 5.75 Å². The van der Waals surface area contributed by atoms with Gasteiger partial charge in [0, 0.05) is 4.90 Å². The zero-order valence-electron chi connectivity index (χ0n) is 15.3. The van der Waals surface area contributed by atoms with Crippen molar-refractivity contribution in [2.24, 2.45) is 0 Å². The molecule has 28 heavy (non-hydrogen) atoms. The zero-order chi connectivity index (χ0) is 19.8. The third-order valence-electron chi connectivity index (χ3n) is 3.78. The molecule has 1 aromatic heterocycles. The number of ether oxygens (including phenoxy) is 1. The van der Waals surface area contributed by atoms with E-state index in [1.165, 1.54) is 17.8 Å². The molecule has 0 saturated heterocycles. The summed E-state index contributed by atoms with van der Waals surface area (Å²) in [5, 5.41) is 0. The Balaban J connectivity index is 1.42. The number of furan rings is 1. The summed E-state index contributed by atoms with van der Waals surface area (Å²) in [5.74, 6) is 0.678. The van der Waals surface area contributed by atoms with Crippen LogP contribution in [0.1, 0.15) is 21.9 Å². The van der Waals surface area contributed by atoms with E-state index in [0.29, 0.717) is 11.5 Å². The third kappa shape index (κ3) is 5.65. The van der Waals surface area contributed by atoms with Crippen LogP contribution in [0.2, 0.25) is 0 Å². The Kier molecular flexibility index (Phi) is 6.75. The largest absolute Gasteiger partial charge is 0.486 e. The quantitative estimate of drug-likeness (QED) is 0.470. The molecule has 0 unspecified atom stereocenters. The van der Waals surface area contributed by atoms with Crippen LogP contribution in [0.15, 0.2) is 76.0 Å². The highest BCUT2D eigenvalue weighted by atomic mass is 32.2. The number of carbonyl (C=O) groups excluding carboxylic acids is 2. The van der Waals surface area contributed by atoms with Crippen LogP contribution in [0, 0.1) is 6.92 Å². The molecule has 0 radical (unpaired) electrons. The average Bonchev–Trinajstić information content (AvgIpc) is 3.20. The third-order valence-corrected chi connectivity index (χ3v) is 4.95. The molecule has 0 aliphatic rings. The smallest absolute Gasteiger partial charge is 0.305 e. The van der Waals surface area contributed by atoms with Gasteiger partial charge in [-0.15, -0.1) is 11.8 Å². The molecular weight excluding hydrogens is 376 g/mol. The molecular formula is C21H20N2O4S. The molecule has 0 aliphatic heterocycles. The number of thioether (sulfide) groups is 1. The summed E-state index contributed by atoms with van der Waals surface area (Å²) in [6.07, 6.45) is 0. The number of rotatable bonds is 7. The molecule has 3 rings (SSSR count). The molecule has 0 saturated carbocycles. The lowest BCUT2D eigenvalue weighted by molar-refractivity contribution is -0.119. The predicted molar refractivity (Wildman–Crippen MR) is 107 cm³/mol. The van der Waals surface area contributed by atoms with Gasteiger partial charge in [0.2, 0.25) is 5.91 Å². The summed E-state index contributed by atoms with van der Waals surface area (Å²) >= 11 is 1.41. The van der Waals surface area contributed by atoms with Crippen molar-refractivity contribution >= 4 is 23.6 Å². The Morgan fingerprint density at radius 1 is 0.964 bits per heavy atom. The molecule has 6 nitrogen and oxygen atoms in total. The molecule has 2 N–H and O–H groups in total. The van der Waals surface area contributed by atoms with E-state index in [0.717, 1.165) is 10.5 Å². The van der Waals surface area contributed by atoms with Crippen LogP contribution >= 0.6 is 11.8 Å². The second kappa shape index (κ2) is 9.66. The molecule has 0 aliphatic carbocycles. The van der Waals surface area contributed by atoms with Crippen molar-refractivity contribution in [2.75, 3.05) is 5.75 Å². The van der Waals surface area contributed by atoms with Crippen molar-refractivity contribution in [3.05, 3.63) is 83.8 Å². The van der Waals surface area contributed by atoms with Crippen LogP contribution in [0.4, 0.5) is 0 Å². The summed E-state index contributed by atoms with van der Waals surface area (Å²) in [5.41, 5.74) is 5.84. The van der Waals surface area contributed by atoms with Gasteiger partial charge in [0.1, 0.15) is 18.1 Å². The van der Waals surface area contributed by atoms with Gasteiger partial charge in [0.05, 0.1) is 5.75 Å². The maximum Gasteiger partial charge on any atom is 0.305 e. The summed E-state index contributed by atoms with van der Waals surface area (Å²) in [6.45, 7) is 2.19. The monoisotopic (exact) mass is 396 g/mol. The molecule has 2 aromatic carbocycles. The van der Waals surface area contributed by atoms with E-state index >= 15 is 0 Å². The van der Waals surface area contributed by atoms with E-state index in [1.54, 1.807) is 6.07 Å². The highest BCUT2D eigenvalue weighted by molar-refractivity contribution is 8.00. The SMILES string of the molecule is Cc1ccccc1SCC(=O)NNC(=O)c1ccc(COc2ccccc2)o1. The van der Waals surface area contributed by atoms with Crippen LogP contribution < -0.4 is 15.6 Å². The van der Waals surface area contributed by atoms with Crippen molar-refractivity contribution in [1.29, 1.82) is 0 Å². The van der Waals surface area contributed by atoms with Crippen molar-refractivity contribution in [1.82, 2.24) is 10.9 Å². The topological polar surface area (TPSA) is 80.6 Å². The van der Waals surface area contributed by atoms with Gasteiger partial charge in [-0.25, -0.2) is 0 Å². The van der Waals surface area contributed by atoms with E-state index in [-0.39, 0.29) is 24.0 Å². The fraction of sp³-hybridized carbons (Fsp3) is 0.143. The first kappa shape index (κ1) is 19.6. The maximum atomic E-state index is 12.1. The molecule has 0 fully saturated rings. The minimum absolute atomic E-state index is 0.0959. The maximum absolute atomic E-state index is 12.1. The van der Waals surface area contributed by atoms with E-state index in [2.05, 4.69) is 10.9 Å². The molecule has 7 heteroatoms. The summed E-state index contributed by atoms with van der Waals surface area (Å²) in [4.78, 5) is 25.1. The number of carbonyl (C=O) groups is 2. The minimum Gasteiger partial charge on any atom is -0.486 e. The van der Waals surface area contributed by atoms with E-state index in [1.807, 2.05) is 61.5 Å². The van der Waals surface area contributed by atoms with Crippen molar-refractivity contribution < 1.29 is 18.7 Å². The Morgan fingerprint density at radius 2 is 1.71 bits per heavy atom. The number of hydrazine groups is 1. The Labute approximate surface area is 167 Å². The fourth-order valence-corrected chi connectivity index (χ4v) is 3.16. The van der Waals surface area contributed by atoms with Crippen LogP contribution in [-0.4, -0.2) is 17.6 Å². The van der Waals surface area contributed by atoms with Crippen LogP contribution in [0.3, 0.4) is 0 Å². The lowest BCUT2D eigenvalue weighted by atomic mass is 10.2. The van der Waals surface area contributed by atoms with E-state index < -0.39 is 5.91 Å². The second-order valence-corrected chi connectivity index (χ2v) is 6.94.